The van der Waals surface area contributed by atoms with Gasteiger partial charge in [0.1, 0.15) is 5.82 Å². The Labute approximate surface area is 202 Å². The molecule has 33 heavy (non-hydrogen) atoms. The zero-order valence-electron chi connectivity index (χ0n) is 18.4. The standard InChI is InChI=1S/C23H26FN3O4S.ClH/c1-29-19-5-2-3-6-20(19)31-16-22(28)27(10-4-9-26-11-13-30-14-12-26)23-25-18-8-7-17(24)15-21(18)32-23;/h2-3,5-8,15H,4,9-14,16H2,1H3;1H. The van der Waals surface area contributed by atoms with Crippen LogP contribution in [-0.2, 0) is 9.53 Å². The summed E-state index contributed by atoms with van der Waals surface area (Å²) in [5.41, 5.74) is 0.669. The van der Waals surface area contributed by atoms with Gasteiger partial charge < -0.3 is 14.2 Å². The zero-order valence-corrected chi connectivity index (χ0v) is 20.0. The van der Waals surface area contributed by atoms with Crippen molar-refractivity contribution < 1.29 is 23.4 Å². The second-order valence-corrected chi connectivity index (χ2v) is 8.41. The minimum absolute atomic E-state index is 0. The summed E-state index contributed by atoms with van der Waals surface area (Å²) in [6.07, 6.45) is 0.782. The summed E-state index contributed by atoms with van der Waals surface area (Å²) in [5.74, 6) is 0.535. The first kappa shape index (κ1) is 25.2. The van der Waals surface area contributed by atoms with E-state index in [4.69, 9.17) is 14.2 Å². The Morgan fingerprint density at radius 3 is 2.73 bits per heavy atom. The summed E-state index contributed by atoms with van der Waals surface area (Å²) in [4.78, 5) is 21.7. The zero-order chi connectivity index (χ0) is 22.3. The summed E-state index contributed by atoms with van der Waals surface area (Å²) in [6, 6.07) is 11.7. The molecule has 7 nitrogen and oxygen atoms in total. The molecular formula is C23H27ClFN3O4S. The number of carbonyl (C=O) groups is 1. The number of benzene rings is 2. The van der Waals surface area contributed by atoms with E-state index in [9.17, 15) is 9.18 Å². The van der Waals surface area contributed by atoms with Gasteiger partial charge in [-0.25, -0.2) is 9.37 Å². The van der Waals surface area contributed by atoms with Crippen LogP contribution in [0.3, 0.4) is 0 Å². The summed E-state index contributed by atoms with van der Waals surface area (Å²) in [6.45, 7) is 4.46. The van der Waals surface area contributed by atoms with E-state index in [1.165, 1.54) is 23.5 Å². The lowest BCUT2D eigenvalue weighted by molar-refractivity contribution is -0.120. The van der Waals surface area contributed by atoms with Crippen molar-refractivity contribution in [3.63, 3.8) is 0 Å². The van der Waals surface area contributed by atoms with Gasteiger partial charge in [0.25, 0.3) is 5.91 Å². The van der Waals surface area contributed by atoms with Gasteiger partial charge in [0.05, 0.1) is 30.5 Å². The number of amides is 1. The lowest BCUT2D eigenvalue weighted by Gasteiger charge is -2.27. The lowest BCUT2D eigenvalue weighted by Crippen LogP contribution is -2.40. The number of ether oxygens (including phenoxy) is 3. The Hall–Kier alpha value is -2.46. The Balaban J connectivity index is 0.00000306. The summed E-state index contributed by atoms with van der Waals surface area (Å²) >= 11 is 1.30. The number of methoxy groups -OCH3 is 1. The number of halogens is 2. The largest absolute Gasteiger partial charge is 0.493 e. The van der Waals surface area contributed by atoms with Crippen LogP contribution in [0.15, 0.2) is 42.5 Å². The topological polar surface area (TPSA) is 64.1 Å². The maximum atomic E-state index is 13.6. The van der Waals surface area contributed by atoms with Gasteiger partial charge in [-0.3, -0.25) is 14.6 Å². The number of fused-ring (bicyclic) bond motifs is 1. The number of anilines is 1. The first-order chi connectivity index (χ1) is 15.6. The van der Waals surface area contributed by atoms with Gasteiger partial charge >= 0.3 is 0 Å². The number of hydrogen-bond acceptors (Lipinski definition) is 7. The molecule has 1 aromatic heterocycles. The number of morpholine rings is 1. The number of nitrogens with zero attached hydrogens (tertiary/aromatic N) is 3. The van der Waals surface area contributed by atoms with Crippen molar-refractivity contribution in [1.82, 2.24) is 9.88 Å². The SMILES string of the molecule is COc1ccccc1OCC(=O)N(CCCN1CCOCC1)c1nc2ccc(F)cc2s1.Cl. The maximum absolute atomic E-state index is 13.6. The highest BCUT2D eigenvalue weighted by atomic mass is 35.5. The minimum atomic E-state index is -0.322. The predicted molar refractivity (Wildman–Crippen MR) is 130 cm³/mol. The van der Waals surface area contributed by atoms with E-state index in [1.807, 2.05) is 12.1 Å². The van der Waals surface area contributed by atoms with Gasteiger partial charge in [-0.15, -0.1) is 12.4 Å². The lowest BCUT2D eigenvalue weighted by atomic mass is 10.3. The second-order valence-electron chi connectivity index (χ2n) is 7.40. The normalized spacial score (nSPS) is 14.0. The Morgan fingerprint density at radius 1 is 1.21 bits per heavy atom. The van der Waals surface area contributed by atoms with Crippen molar-refractivity contribution in [3.8, 4) is 11.5 Å². The molecule has 10 heteroatoms. The third-order valence-corrected chi connectivity index (χ3v) is 6.29. The fourth-order valence-electron chi connectivity index (χ4n) is 3.56. The van der Waals surface area contributed by atoms with E-state index in [0.717, 1.165) is 39.3 Å². The van der Waals surface area contributed by atoms with Crippen LogP contribution in [-0.4, -0.2) is 68.9 Å². The molecule has 4 rings (SSSR count). The molecule has 0 atom stereocenters. The third-order valence-electron chi connectivity index (χ3n) is 5.25. The number of rotatable bonds is 9. The van der Waals surface area contributed by atoms with Gasteiger partial charge in [-0.2, -0.15) is 0 Å². The number of para-hydroxylation sites is 2. The van der Waals surface area contributed by atoms with Crippen molar-refractivity contribution in [2.24, 2.45) is 0 Å². The molecule has 0 N–H and O–H groups in total. The molecule has 1 fully saturated rings. The summed E-state index contributed by atoms with van der Waals surface area (Å²) < 4.78 is 30.8. The Bertz CT molecular complexity index is 1060. The first-order valence-electron chi connectivity index (χ1n) is 10.6. The molecule has 1 amide bonds. The molecule has 1 aliphatic heterocycles. The molecule has 1 aliphatic rings. The molecular weight excluding hydrogens is 469 g/mol. The van der Waals surface area contributed by atoms with Gasteiger partial charge in [0.2, 0.25) is 0 Å². The van der Waals surface area contributed by atoms with E-state index in [1.54, 1.807) is 30.2 Å². The quantitative estimate of drug-likeness (QED) is 0.447. The van der Waals surface area contributed by atoms with Crippen molar-refractivity contribution in [3.05, 3.63) is 48.3 Å². The van der Waals surface area contributed by atoms with Crippen LogP contribution in [0, 0.1) is 5.82 Å². The number of carbonyl (C=O) groups excluding carboxylic acids is 1. The van der Waals surface area contributed by atoms with Crippen molar-refractivity contribution in [1.29, 1.82) is 0 Å². The molecule has 2 heterocycles. The van der Waals surface area contributed by atoms with Gasteiger partial charge in [-0.1, -0.05) is 23.5 Å². The van der Waals surface area contributed by atoms with E-state index in [-0.39, 0.29) is 30.7 Å². The van der Waals surface area contributed by atoms with Crippen LogP contribution < -0.4 is 14.4 Å². The highest BCUT2D eigenvalue weighted by molar-refractivity contribution is 7.22. The molecule has 0 radical (unpaired) electrons. The summed E-state index contributed by atoms with van der Waals surface area (Å²) in [7, 11) is 1.56. The molecule has 2 aromatic carbocycles. The van der Waals surface area contributed by atoms with E-state index >= 15 is 0 Å². The van der Waals surface area contributed by atoms with Crippen LogP contribution in [0.4, 0.5) is 9.52 Å². The molecule has 178 valence electrons. The molecule has 0 unspecified atom stereocenters. The van der Waals surface area contributed by atoms with E-state index in [0.29, 0.717) is 33.4 Å². The minimum Gasteiger partial charge on any atom is -0.493 e. The third kappa shape index (κ3) is 6.54. The highest BCUT2D eigenvalue weighted by Crippen LogP contribution is 2.30. The average Bonchev–Trinajstić information content (AvgIpc) is 3.23. The molecule has 3 aromatic rings. The smallest absolute Gasteiger partial charge is 0.266 e. The second kappa shape index (κ2) is 12.1. The first-order valence-corrected chi connectivity index (χ1v) is 11.4. The van der Waals surface area contributed by atoms with E-state index in [2.05, 4.69) is 9.88 Å². The van der Waals surface area contributed by atoms with Gasteiger partial charge in [-0.05, 0) is 36.8 Å². The van der Waals surface area contributed by atoms with E-state index < -0.39 is 0 Å². The van der Waals surface area contributed by atoms with Gasteiger partial charge in [0, 0.05) is 26.2 Å². The highest BCUT2D eigenvalue weighted by Gasteiger charge is 2.21. The van der Waals surface area contributed by atoms with Crippen LogP contribution >= 0.6 is 23.7 Å². The number of aromatic nitrogens is 1. The fourth-order valence-corrected chi connectivity index (χ4v) is 4.60. The predicted octanol–water partition coefficient (Wildman–Crippen LogP) is 4.00. The maximum Gasteiger partial charge on any atom is 0.266 e. The van der Waals surface area contributed by atoms with Crippen molar-refractivity contribution >= 4 is 45.0 Å². The average molecular weight is 496 g/mol. The Morgan fingerprint density at radius 2 is 1.97 bits per heavy atom. The fraction of sp³-hybridized carbons (Fsp3) is 0.391. The number of thiazole rings is 1. The summed E-state index contributed by atoms with van der Waals surface area (Å²) in [5, 5.41) is 0.543. The molecule has 0 bridgehead atoms. The molecule has 0 spiro atoms. The molecule has 0 aliphatic carbocycles. The Kier molecular flexibility index (Phi) is 9.25. The van der Waals surface area contributed by atoms with Gasteiger partial charge in [0.15, 0.2) is 23.2 Å². The number of hydrogen-bond donors (Lipinski definition) is 0. The monoisotopic (exact) mass is 495 g/mol. The van der Waals surface area contributed by atoms with Crippen LogP contribution in [0.5, 0.6) is 11.5 Å². The van der Waals surface area contributed by atoms with Crippen LogP contribution in [0.2, 0.25) is 0 Å². The molecule has 0 saturated carbocycles. The van der Waals surface area contributed by atoms with Crippen molar-refractivity contribution in [2.75, 3.05) is 58.0 Å². The van der Waals surface area contributed by atoms with Crippen molar-refractivity contribution in [2.45, 2.75) is 6.42 Å². The molecule has 1 saturated heterocycles. The van der Waals surface area contributed by atoms with Crippen LogP contribution in [0.1, 0.15) is 6.42 Å². The van der Waals surface area contributed by atoms with Crippen LogP contribution in [0.25, 0.3) is 10.2 Å².